The Morgan fingerprint density at radius 1 is 0.957 bits per heavy atom. The first-order valence-corrected chi connectivity index (χ1v) is 7.29. The van der Waals surface area contributed by atoms with E-state index < -0.39 is 11.8 Å². The fourth-order valence-corrected chi connectivity index (χ4v) is 3.10. The highest BCUT2D eigenvalue weighted by Gasteiger charge is 2.31. The quantitative estimate of drug-likeness (QED) is 0.802. The molecule has 0 spiro atoms. The molecule has 23 heavy (non-hydrogen) atoms. The molecule has 3 aromatic rings. The van der Waals surface area contributed by atoms with Crippen molar-refractivity contribution in [3.05, 3.63) is 65.9 Å². The first kappa shape index (κ1) is 14.7. The van der Waals surface area contributed by atoms with Crippen molar-refractivity contribution in [3.63, 3.8) is 0 Å². The van der Waals surface area contributed by atoms with E-state index in [1.54, 1.807) is 0 Å². The molecule has 0 saturated heterocycles. The zero-order chi connectivity index (χ0) is 16.4. The highest BCUT2D eigenvalue weighted by atomic mass is 16.3. The Morgan fingerprint density at radius 2 is 1.57 bits per heavy atom. The molecule has 1 atom stereocenters. The van der Waals surface area contributed by atoms with Gasteiger partial charge in [-0.3, -0.25) is 0 Å². The Hall–Kier alpha value is -3.24. The van der Waals surface area contributed by atoms with Crippen LogP contribution in [0.1, 0.15) is 17.2 Å². The molecule has 0 aliphatic rings. The van der Waals surface area contributed by atoms with Crippen LogP contribution >= 0.6 is 0 Å². The van der Waals surface area contributed by atoms with Crippen molar-refractivity contribution in [2.24, 2.45) is 13.0 Å². The average molecular weight is 301 g/mol. The van der Waals surface area contributed by atoms with Crippen molar-refractivity contribution in [1.82, 2.24) is 4.57 Å². The van der Waals surface area contributed by atoms with Gasteiger partial charge in [-0.05, 0) is 17.7 Å². The maximum Gasteiger partial charge on any atom is 0.145 e. The largest absolute Gasteiger partial charge is 0.505 e. The minimum atomic E-state index is -0.883. The van der Waals surface area contributed by atoms with Crippen LogP contribution in [0.3, 0.4) is 0 Å². The van der Waals surface area contributed by atoms with E-state index in [1.165, 1.54) is 0 Å². The van der Waals surface area contributed by atoms with Gasteiger partial charge in [0.25, 0.3) is 0 Å². The summed E-state index contributed by atoms with van der Waals surface area (Å²) in [4.78, 5) is 0. The summed E-state index contributed by atoms with van der Waals surface area (Å²) in [7, 11) is 1.85. The Morgan fingerprint density at radius 3 is 2.17 bits per heavy atom. The molecule has 4 heteroatoms. The number of aromatic hydroxyl groups is 1. The lowest BCUT2D eigenvalue weighted by atomic mass is 9.84. The van der Waals surface area contributed by atoms with Gasteiger partial charge in [-0.2, -0.15) is 10.5 Å². The van der Waals surface area contributed by atoms with Crippen LogP contribution in [0, 0.1) is 28.6 Å². The number of nitriles is 2. The molecule has 0 amide bonds. The normalized spacial score (nSPS) is 12.0. The fraction of sp³-hybridized carbons (Fsp3) is 0.158. The molecule has 0 bridgehead atoms. The summed E-state index contributed by atoms with van der Waals surface area (Å²) >= 11 is 0. The Balaban J connectivity index is 2.31. The lowest BCUT2D eigenvalue weighted by molar-refractivity contribution is 0.461. The zero-order valence-corrected chi connectivity index (χ0v) is 12.6. The Labute approximate surface area is 134 Å². The summed E-state index contributed by atoms with van der Waals surface area (Å²) in [6, 6.07) is 21.0. The van der Waals surface area contributed by atoms with E-state index in [2.05, 4.69) is 12.1 Å². The molecule has 1 N–H and O–H groups in total. The molecule has 3 rings (SSSR count). The molecule has 0 saturated carbocycles. The summed E-state index contributed by atoms with van der Waals surface area (Å²) in [6.45, 7) is 0. The van der Waals surface area contributed by atoms with E-state index in [0.717, 1.165) is 16.5 Å². The number of hydrogen-bond acceptors (Lipinski definition) is 3. The maximum absolute atomic E-state index is 10.7. The van der Waals surface area contributed by atoms with Crippen LogP contribution < -0.4 is 0 Å². The summed E-state index contributed by atoms with van der Waals surface area (Å²) in [6.07, 6.45) is 0. The van der Waals surface area contributed by atoms with Gasteiger partial charge in [0.05, 0.1) is 29.3 Å². The third-order valence-corrected chi connectivity index (χ3v) is 4.19. The highest BCUT2D eigenvalue weighted by Crippen LogP contribution is 2.41. The Bertz CT molecular complexity index is 876. The molecular formula is C19H15N3O. The Kier molecular flexibility index (Phi) is 3.75. The van der Waals surface area contributed by atoms with Crippen LogP contribution in [0.15, 0.2) is 54.6 Å². The van der Waals surface area contributed by atoms with Crippen LogP contribution in [0.2, 0.25) is 0 Å². The molecule has 2 aromatic carbocycles. The monoisotopic (exact) mass is 301 g/mol. The number of benzene rings is 2. The second-order valence-corrected chi connectivity index (χ2v) is 5.43. The smallest absolute Gasteiger partial charge is 0.145 e. The van der Waals surface area contributed by atoms with E-state index in [9.17, 15) is 15.6 Å². The zero-order valence-electron chi connectivity index (χ0n) is 12.6. The van der Waals surface area contributed by atoms with Gasteiger partial charge < -0.3 is 9.67 Å². The summed E-state index contributed by atoms with van der Waals surface area (Å²) in [5, 5.41) is 30.2. The van der Waals surface area contributed by atoms with Crippen LogP contribution in [0.25, 0.3) is 10.9 Å². The van der Waals surface area contributed by atoms with Crippen molar-refractivity contribution in [2.45, 2.75) is 5.92 Å². The van der Waals surface area contributed by atoms with Gasteiger partial charge in [-0.25, -0.2) is 0 Å². The van der Waals surface area contributed by atoms with Crippen molar-refractivity contribution in [2.75, 3.05) is 0 Å². The number of aromatic nitrogens is 1. The summed E-state index contributed by atoms with van der Waals surface area (Å²) < 4.78 is 1.87. The first-order valence-electron chi connectivity index (χ1n) is 7.29. The molecule has 0 fully saturated rings. The fourth-order valence-electron chi connectivity index (χ4n) is 3.10. The molecule has 1 aromatic heterocycles. The van der Waals surface area contributed by atoms with E-state index in [1.807, 2.05) is 66.2 Å². The van der Waals surface area contributed by atoms with Gasteiger partial charge >= 0.3 is 0 Å². The SMILES string of the molecule is Cn1c(C(c2ccccc2)C(C#N)C#N)c(O)c2ccccc21. The molecular weight excluding hydrogens is 286 g/mol. The van der Waals surface area contributed by atoms with Gasteiger partial charge in [-0.15, -0.1) is 0 Å². The molecule has 0 aliphatic carbocycles. The summed E-state index contributed by atoms with van der Waals surface area (Å²) in [5.74, 6) is -1.26. The minimum Gasteiger partial charge on any atom is -0.505 e. The standard InChI is InChI=1S/C19H15N3O/c1-22-16-10-6-5-9-15(16)19(23)18(22)17(14(11-20)12-21)13-7-3-2-4-8-13/h2-10,14,17,23H,1H3. The third-order valence-electron chi connectivity index (χ3n) is 4.19. The second-order valence-electron chi connectivity index (χ2n) is 5.43. The number of hydrogen-bond donors (Lipinski definition) is 1. The minimum absolute atomic E-state index is 0.132. The number of para-hydroxylation sites is 1. The molecule has 112 valence electrons. The number of rotatable bonds is 3. The predicted octanol–water partition coefficient (Wildman–Crippen LogP) is 3.68. The molecule has 1 heterocycles. The van der Waals surface area contributed by atoms with E-state index in [0.29, 0.717) is 5.69 Å². The average Bonchev–Trinajstić information content (AvgIpc) is 2.85. The topological polar surface area (TPSA) is 72.7 Å². The van der Waals surface area contributed by atoms with Crippen molar-refractivity contribution in [3.8, 4) is 17.9 Å². The lowest BCUT2D eigenvalue weighted by Gasteiger charge is -2.19. The molecule has 0 aliphatic heterocycles. The van der Waals surface area contributed by atoms with E-state index in [4.69, 9.17) is 0 Å². The van der Waals surface area contributed by atoms with Crippen molar-refractivity contribution < 1.29 is 5.11 Å². The summed E-state index contributed by atoms with van der Waals surface area (Å²) in [5.41, 5.74) is 2.29. The number of fused-ring (bicyclic) bond motifs is 1. The van der Waals surface area contributed by atoms with Crippen LogP contribution in [-0.2, 0) is 7.05 Å². The van der Waals surface area contributed by atoms with Gasteiger partial charge in [0.1, 0.15) is 11.7 Å². The second kappa shape index (κ2) is 5.87. The van der Waals surface area contributed by atoms with Crippen LogP contribution in [0.5, 0.6) is 5.75 Å². The maximum atomic E-state index is 10.7. The van der Waals surface area contributed by atoms with E-state index >= 15 is 0 Å². The number of nitrogens with zero attached hydrogens (tertiary/aromatic N) is 3. The van der Waals surface area contributed by atoms with Crippen LogP contribution in [0.4, 0.5) is 0 Å². The molecule has 1 unspecified atom stereocenters. The van der Waals surface area contributed by atoms with Gasteiger partial charge in [0, 0.05) is 12.4 Å². The van der Waals surface area contributed by atoms with Crippen molar-refractivity contribution >= 4 is 10.9 Å². The third kappa shape index (κ3) is 2.31. The van der Waals surface area contributed by atoms with Gasteiger partial charge in [-0.1, -0.05) is 42.5 Å². The van der Waals surface area contributed by atoms with Gasteiger partial charge in [0.15, 0.2) is 0 Å². The van der Waals surface area contributed by atoms with Gasteiger partial charge in [0.2, 0.25) is 0 Å². The number of aryl methyl sites for hydroxylation is 1. The predicted molar refractivity (Wildman–Crippen MR) is 87.6 cm³/mol. The van der Waals surface area contributed by atoms with Crippen molar-refractivity contribution in [1.29, 1.82) is 10.5 Å². The molecule has 0 radical (unpaired) electrons. The van der Waals surface area contributed by atoms with Crippen LogP contribution in [-0.4, -0.2) is 9.67 Å². The lowest BCUT2D eigenvalue weighted by Crippen LogP contribution is -2.15. The first-order chi connectivity index (χ1) is 11.2. The molecule has 4 nitrogen and oxygen atoms in total. The highest BCUT2D eigenvalue weighted by molar-refractivity contribution is 5.88. The van der Waals surface area contributed by atoms with E-state index in [-0.39, 0.29) is 5.75 Å².